The number of furan rings is 1. The van der Waals surface area contributed by atoms with E-state index in [0.717, 1.165) is 36.6 Å². The van der Waals surface area contributed by atoms with Crippen molar-refractivity contribution in [2.45, 2.75) is 19.0 Å². The average Bonchev–Trinajstić information content (AvgIpc) is 3.29. The highest BCUT2D eigenvalue weighted by molar-refractivity contribution is 5.89. The van der Waals surface area contributed by atoms with E-state index in [9.17, 15) is 9.59 Å². The Bertz CT molecular complexity index is 845. The van der Waals surface area contributed by atoms with Crippen LogP contribution in [0.2, 0.25) is 0 Å². The summed E-state index contributed by atoms with van der Waals surface area (Å²) in [5, 5.41) is 2.89. The molecule has 2 aromatic rings. The molecule has 8 heteroatoms. The van der Waals surface area contributed by atoms with Crippen LogP contribution in [0.4, 0.5) is 5.69 Å². The van der Waals surface area contributed by atoms with Crippen LogP contribution < -0.4 is 15.0 Å². The summed E-state index contributed by atoms with van der Waals surface area (Å²) in [7, 11) is 1.66. The molecule has 2 amide bonds. The molecule has 1 N–H and O–H groups in total. The molecule has 2 aliphatic rings. The zero-order chi connectivity index (χ0) is 20.9. The standard InChI is InChI=1S/C22H28N4O4/c1-29-19-4-2-18(3-5-19)24-9-11-25(12-10-24)21(27)14-20-22(28)23-7-8-26(20)15-17-6-13-30-16-17/h2-6,13,16,20H,7-12,14-15H2,1H3,(H,23,28)/t20-/m1/s1. The fourth-order valence-electron chi connectivity index (χ4n) is 4.09. The van der Waals surface area contributed by atoms with E-state index in [1.54, 1.807) is 19.6 Å². The van der Waals surface area contributed by atoms with Gasteiger partial charge in [0.2, 0.25) is 11.8 Å². The first-order chi connectivity index (χ1) is 14.6. The van der Waals surface area contributed by atoms with Crippen molar-refractivity contribution in [2.75, 3.05) is 51.3 Å². The van der Waals surface area contributed by atoms with Gasteiger partial charge in [0.05, 0.1) is 32.1 Å². The Hall–Kier alpha value is -3.00. The molecule has 3 heterocycles. The number of nitrogens with zero attached hydrogens (tertiary/aromatic N) is 3. The second-order valence-electron chi connectivity index (χ2n) is 7.68. The first-order valence-electron chi connectivity index (χ1n) is 10.3. The van der Waals surface area contributed by atoms with Gasteiger partial charge in [-0.25, -0.2) is 0 Å². The Kier molecular flexibility index (Phi) is 6.23. The molecule has 0 aliphatic carbocycles. The molecule has 1 aromatic carbocycles. The minimum absolute atomic E-state index is 0.0311. The molecule has 4 rings (SSSR count). The number of rotatable bonds is 6. The van der Waals surface area contributed by atoms with Crippen LogP contribution in [0.3, 0.4) is 0 Å². The zero-order valence-corrected chi connectivity index (χ0v) is 17.3. The number of hydrogen-bond donors (Lipinski definition) is 1. The van der Waals surface area contributed by atoms with Crippen LogP contribution in [0.5, 0.6) is 5.75 Å². The summed E-state index contributed by atoms with van der Waals surface area (Å²) in [4.78, 5) is 31.6. The molecule has 8 nitrogen and oxygen atoms in total. The van der Waals surface area contributed by atoms with Crippen LogP contribution in [-0.2, 0) is 16.1 Å². The van der Waals surface area contributed by atoms with Gasteiger partial charge in [0.25, 0.3) is 0 Å². The van der Waals surface area contributed by atoms with Gasteiger partial charge < -0.3 is 24.3 Å². The maximum Gasteiger partial charge on any atom is 0.237 e. The number of benzene rings is 1. The average molecular weight is 412 g/mol. The number of methoxy groups -OCH3 is 1. The number of carbonyl (C=O) groups is 2. The number of anilines is 1. The summed E-state index contributed by atoms with van der Waals surface area (Å²) in [6.07, 6.45) is 3.51. The summed E-state index contributed by atoms with van der Waals surface area (Å²) in [5.74, 6) is 0.789. The first kappa shape index (κ1) is 20.3. The van der Waals surface area contributed by atoms with E-state index in [4.69, 9.17) is 9.15 Å². The minimum atomic E-state index is -0.444. The Labute approximate surface area is 176 Å². The van der Waals surface area contributed by atoms with Crippen molar-refractivity contribution in [1.82, 2.24) is 15.1 Å². The highest BCUT2D eigenvalue weighted by Crippen LogP contribution is 2.21. The van der Waals surface area contributed by atoms with E-state index < -0.39 is 6.04 Å². The van der Waals surface area contributed by atoms with Crippen molar-refractivity contribution in [3.05, 3.63) is 48.4 Å². The predicted molar refractivity (Wildman–Crippen MR) is 112 cm³/mol. The van der Waals surface area contributed by atoms with E-state index in [1.165, 1.54) is 0 Å². The SMILES string of the molecule is COc1ccc(N2CCN(C(=O)C[C@@H]3C(=O)NCCN3Cc3ccoc3)CC2)cc1. The summed E-state index contributed by atoms with van der Waals surface area (Å²) in [5.41, 5.74) is 2.14. The van der Waals surface area contributed by atoms with Crippen LogP contribution in [0.15, 0.2) is 47.3 Å². The maximum atomic E-state index is 13.0. The van der Waals surface area contributed by atoms with Crippen molar-refractivity contribution in [2.24, 2.45) is 0 Å². The lowest BCUT2D eigenvalue weighted by atomic mass is 10.1. The zero-order valence-electron chi connectivity index (χ0n) is 17.3. The van der Waals surface area contributed by atoms with Gasteiger partial charge in [0.15, 0.2) is 0 Å². The van der Waals surface area contributed by atoms with Gasteiger partial charge in [-0.05, 0) is 30.3 Å². The molecule has 0 spiro atoms. The van der Waals surface area contributed by atoms with Gasteiger partial charge in [0, 0.05) is 57.1 Å². The van der Waals surface area contributed by atoms with E-state index in [-0.39, 0.29) is 18.2 Å². The van der Waals surface area contributed by atoms with Crippen molar-refractivity contribution in [3.8, 4) is 5.75 Å². The summed E-state index contributed by atoms with van der Waals surface area (Å²) in [6, 6.07) is 9.42. The molecule has 0 radical (unpaired) electrons. The summed E-state index contributed by atoms with van der Waals surface area (Å²) < 4.78 is 10.4. The lowest BCUT2D eigenvalue weighted by Gasteiger charge is -2.38. The molecule has 30 heavy (non-hydrogen) atoms. The normalized spacial score (nSPS) is 20.2. The van der Waals surface area contributed by atoms with E-state index in [0.29, 0.717) is 26.2 Å². The van der Waals surface area contributed by atoms with E-state index in [2.05, 4.69) is 15.1 Å². The summed E-state index contributed by atoms with van der Waals surface area (Å²) >= 11 is 0. The van der Waals surface area contributed by atoms with Crippen molar-refractivity contribution >= 4 is 17.5 Å². The molecular weight excluding hydrogens is 384 g/mol. The lowest BCUT2D eigenvalue weighted by Crippen LogP contribution is -2.57. The second-order valence-corrected chi connectivity index (χ2v) is 7.68. The van der Waals surface area contributed by atoms with Crippen LogP contribution in [0, 0.1) is 0 Å². The molecule has 2 aliphatic heterocycles. The minimum Gasteiger partial charge on any atom is -0.497 e. The molecule has 0 saturated carbocycles. The number of piperazine rings is 2. The Balaban J connectivity index is 1.33. The summed E-state index contributed by atoms with van der Waals surface area (Å²) in [6.45, 7) is 4.78. The molecule has 0 bridgehead atoms. The van der Waals surface area contributed by atoms with Crippen molar-refractivity contribution in [3.63, 3.8) is 0 Å². The first-order valence-corrected chi connectivity index (χ1v) is 10.3. The number of hydrogen-bond acceptors (Lipinski definition) is 6. The monoisotopic (exact) mass is 412 g/mol. The molecule has 1 aromatic heterocycles. The Morgan fingerprint density at radius 1 is 1.13 bits per heavy atom. The van der Waals surface area contributed by atoms with Gasteiger partial charge in [-0.1, -0.05) is 0 Å². The van der Waals surface area contributed by atoms with Crippen LogP contribution in [-0.4, -0.2) is 74.0 Å². The van der Waals surface area contributed by atoms with E-state index in [1.807, 2.05) is 35.2 Å². The third-order valence-corrected chi connectivity index (χ3v) is 5.85. The topological polar surface area (TPSA) is 78.3 Å². The molecule has 0 unspecified atom stereocenters. The molecule has 2 fully saturated rings. The highest BCUT2D eigenvalue weighted by atomic mass is 16.5. The third kappa shape index (κ3) is 4.59. The number of amides is 2. The fraction of sp³-hybridized carbons (Fsp3) is 0.455. The lowest BCUT2D eigenvalue weighted by molar-refractivity contribution is -0.139. The van der Waals surface area contributed by atoms with Crippen LogP contribution in [0.1, 0.15) is 12.0 Å². The second kappa shape index (κ2) is 9.21. The number of nitrogens with one attached hydrogen (secondary N) is 1. The predicted octanol–water partition coefficient (Wildman–Crippen LogP) is 1.33. The third-order valence-electron chi connectivity index (χ3n) is 5.85. The Morgan fingerprint density at radius 2 is 1.90 bits per heavy atom. The number of carbonyl (C=O) groups excluding carboxylic acids is 2. The quantitative estimate of drug-likeness (QED) is 0.771. The van der Waals surface area contributed by atoms with Gasteiger partial charge in [-0.2, -0.15) is 0 Å². The van der Waals surface area contributed by atoms with Crippen molar-refractivity contribution < 1.29 is 18.7 Å². The maximum absolute atomic E-state index is 13.0. The van der Waals surface area contributed by atoms with Gasteiger partial charge in [-0.3, -0.25) is 14.5 Å². The van der Waals surface area contributed by atoms with Gasteiger partial charge in [-0.15, -0.1) is 0 Å². The molecule has 1 atom stereocenters. The fourth-order valence-corrected chi connectivity index (χ4v) is 4.09. The van der Waals surface area contributed by atoms with Gasteiger partial charge >= 0.3 is 0 Å². The van der Waals surface area contributed by atoms with Crippen molar-refractivity contribution in [1.29, 1.82) is 0 Å². The van der Waals surface area contributed by atoms with E-state index >= 15 is 0 Å². The Morgan fingerprint density at radius 3 is 2.57 bits per heavy atom. The molecule has 2 saturated heterocycles. The molecular formula is C22H28N4O4. The smallest absolute Gasteiger partial charge is 0.237 e. The van der Waals surface area contributed by atoms with Gasteiger partial charge in [0.1, 0.15) is 5.75 Å². The largest absolute Gasteiger partial charge is 0.497 e. The highest BCUT2D eigenvalue weighted by Gasteiger charge is 2.33. The molecule has 160 valence electrons. The number of ether oxygens (including phenoxy) is 1. The van der Waals surface area contributed by atoms with Crippen LogP contribution >= 0.6 is 0 Å². The van der Waals surface area contributed by atoms with Crippen LogP contribution in [0.25, 0.3) is 0 Å².